The van der Waals surface area contributed by atoms with E-state index in [1.807, 2.05) is 0 Å². The average molecular weight is 283 g/mol. The van der Waals surface area contributed by atoms with Crippen LogP contribution in [-0.2, 0) is 6.54 Å². The monoisotopic (exact) mass is 283 g/mol. The molecule has 0 aromatic carbocycles. The Labute approximate surface area is 122 Å². The number of rotatable bonds is 9. The molecule has 0 spiro atoms. The molecule has 0 saturated heterocycles. The van der Waals surface area contributed by atoms with Crippen molar-refractivity contribution in [1.82, 2.24) is 9.88 Å². The molecule has 2 N–H and O–H groups in total. The molecule has 1 atom stereocenters. The van der Waals surface area contributed by atoms with E-state index in [1.165, 1.54) is 37.8 Å². The molecular formula is C15H29N3S. The third kappa shape index (κ3) is 5.21. The molecule has 0 aliphatic rings. The van der Waals surface area contributed by atoms with Crippen molar-refractivity contribution >= 4 is 11.3 Å². The van der Waals surface area contributed by atoms with Gasteiger partial charge < -0.3 is 5.73 Å². The van der Waals surface area contributed by atoms with Gasteiger partial charge in [-0.25, -0.2) is 4.98 Å². The minimum atomic E-state index is 0.0886. The molecule has 0 bridgehead atoms. The van der Waals surface area contributed by atoms with Gasteiger partial charge in [0.05, 0.1) is 10.7 Å². The molecule has 0 fully saturated rings. The van der Waals surface area contributed by atoms with Crippen LogP contribution in [0.3, 0.4) is 0 Å². The van der Waals surface area contributed by atoms with Crippen LogP contribution >= 0.6 is 11.3 Å². The van der Waals surface area contributed by atoms with E-state index in [2.05, 4.69) is 43.1 Å². The Morgan fingerprint density at radius 2 is 2.11 bits per heavy atom. The van der Waals surface area contributed by atoms with E-state index in [1.54, 1.807) is 11.3 Å². The van der Waals surface area contributed by atoms with Crippen LogP contribution in [0.2, 0.25) is 0 Å². The number of hydrogen-bond acceptors (Lipinski definition) is 4. The normalized spacial score (nSPS) is 14.8. The molecule has 0 radical (unpaired) electrons. The first-order valence-electron chi connectivity index (χ1n) is 7.34. The number of aryl methyl sites for hydroxylation is 1. The fourth-order valence-corrected chi connectivity index (χ4v) is 2.90. The second kappa shape index (κ2) is 7.98. The lowest BCUT2D eigenvalue weighted by atomic mass is 9.92. The molecule has 1 aromatic rings. The van der Waals surface area contributed by atoms with Crippen molar-refractivity contribution in [3.63, 3.8) is 0 Å². The summed E-state index contributed by atoms with van der Waals surface area (Å²) >= 11 is 1.72. The maximum absolute atomic E-state index is 6.02. The van der Waals surface area contributed by atoms with Crippen LogP contribution in [0.25, 0.3) is 0 Å². The van der Waals surface area contributed by atoms with Gasteiger partial charge in [0.1, 0.15) is 0 Å². The van der Waals surface area contributed by atoms with Gasteiger partial charge in [-0.2, -0.15) is 0 Å². The molecule has 0 amide bonds. The zero-order valence-corrected chi connectivity index (χ0v) is 13.7. The lowest BCUT2D eigenvalue weighted by molar-refractivity contribution is 0.121. The maximum atomic E-state index is 6.02. The van der Waals surface area contributed by atoms with Crippen molar-refractivity contribution in [1.29, 1.82) is 0 Å². The van der Waals surface area contributed by atoms with Crippen molar-refractivity contribution in [2.75, 3.05) is 13.6 Å². The number of hydrogen-bond donors (Lipinski definition) is 1. The highest BCUT2D eigenvalue weighted by atomic mass is 32.1. The van der Waals surface area contributed by atoms with Crippen molar-refractivity contribution in [2.24, 2.45) is 5.73 Å². The SMILES string of the molecule is CCCCCCC(C)(CN)N(C)Cc1csc(C)n1. The van der Waals surface area contributed by atoms with Crippen LogP contribution in [-0.4, -0.2) is 29.0 Å². The summed E-state index contributed by atoms with van der Waals surface area (Å²) in [6.07, 6.45) is 6.36. The van der Waals surface area contributed by atoms with Gasteiger partial charge in [-0.3, -0.25) is 4.90 Å². The highest BCUT2D eigenvalue weighted by molar-refractivity contribution is 7.09. The third-order valence-corrected chi connectivity index (χ3v) is 4.82. The van der Waals surface area contributed by atoms with Crippen LogP contribution in [0.4, 0.5) is 0 Å². The molecule has 0 aliphatic carbocycles. The summed E-state index contributed by atoms with van der Waals surface area (Å²) < 4.78 is 0. The van der Waals surface area contributed by atoms with Gasteiger partial charge in [-0.1, -0.05) is 32.6 Å². The quantitative estimate of drug-likeness (QED) is 0.704. The minimum Gasteiger partial charge on any atom is -0.329 e. The Hall–Kier alpha value is -0.450. The Morgan fingerprint density at radius 1 is 1.37 bits per heavy atom. The summed E-state index contributed by atoms with van der Waals surface area (Å²) in [5.41, 5.74) is 7.28. The minimum absolute atomic E-state index is 0.0886. The standard InChI is InChI=1S/C15H29N3S/c1-5-6-7-8-9-15(3,12-16)18(4)10-14-11-19-13(2)17-14/h11H,5-10,12,16H2,1-4H3. The first kappa shape index (κ1) is 16.6. The number of unbranched alkanes of at least 4 members (excludes halogenated alkanes) is 3. The number of thiazole rings is 1. The summed E-state index contributed by atoms with van der Waals surface area (Å²) in [5.74, 6) is 0. The first-order valence-corrected chi connectivity index (χ1v) is 8.22. The van der Waals surface area contributed by atoms with Gasteiger partial charge in [0.2, 0.25) is 0 Å². The number of nitrogens with two attached hydrogens (primary N) is 1. The topological polar surface area (TPSA) is 42.1 Å². The average Bonchev–Trinajstić information content (AvgIpc) is 2.79. The fourth-order valence-electron chi connectivity index (χ4n) is 2.30. The van der Waals surface area contributed by atoms with E-state index in [-0.39, 0.29) is 5.54 Å². The van der Waals surface area contributed by atoms with Gasteiger partial charge in [0, 0.05) is 24.0 Å². The molecule has 4 heteroatoms. The molecule has 110 valence electrons. The van der Waals surface area contributed by atoms with Crippen LogP contribution in [0.15, 0.2) is 5.38 Å². The Morgan fingerprint density at radius 3 is 2.63 bits per heavy atom. The van der Waals surface area contributed by atoms with Gasteiger partial charge in [0.15, 0.2) is 0 Å². The molecule has 1 rings (SSSR count). The van der Waals surface area contributed by atoms with E-state index in [0.29, 0.717) is 6.54 Å². The highest BCUT2D eigenvalue weighted by Gasteiger charge is 2.27. The number of aromatic nitrogens is 1. The van der Waals surface area contributed by atoms with Gasteiger partial charge in [0.25, 0.3) is 0 Å². The van der Waals surface area contributed by atoms with Gasteiger partial charge >= 0.3 is 0 Å². The molecule has 3 nitrogen and oxygen atoms in total. The van der Waals surface area contributed by atoms with Crippen LogP contribution in [0.5, 0.6) is 0 Å². The smallest absolute Gasteiger partial charge is 0.0897 e. The molecule has 1 aromatic heterocycles. The second-order valence-corrected chi connectivity index (χ2v) is 6.79. The van der Waals surface area contributed by atoms with E-state index >= 15 is 0 Å². The summed E-state index contributed by atoms with van der Waals surface area (Å²) in [7, 11) is 2.17. The van der Waals surface area contributed by atoms with Gasteiger partial charge in [-0.05, 0) is 27.3 Å². The molecular weight excluding hydrogens is 254 g/mol. The summed E-state index contributed by atoms with van der Waals surface area (Å²) in [6.45, 7) is 8.18. The second-order valence-electron chi connectivity index (χ2n) is 5.73. The van der Waals surface area contributed by atoms with Crippen molar-refractivity contribution in [3.8, 4) is 0 Å². The van der Waals surface area contributed by atoms with E-state index in [4.69, 9.17) is 5.73 Å². The van der Waals surface area contributed by atoms with E-state index in [9.17, 15) is 0 Å². The third-order valence-electron chi connectivity index (χ3n) is 4.00. The number of nitrogens with zero attached hydrogens (tertiary/aromatic N) is 2. The van der Waals surface area contributed by atoms with Crippen LogP contribution in [0, 0.1) is 6.92 Å². The largest absolute Gasteiger partial charge is 0.329 e. The maximum Gasteiger partial charge on any atom is 0.0897 e. The Bertz CT molecular complexity index is 364. The fraction of sp³-hybridized carbons (Fsp3) is 0.800. The van der Waals surface area contributed by atoms with Gasteiger partial charge in [-0.15, -0.1) is 11.3 Å². The predicted molar refractivity (Wildman–Crippen MR) is 84.5 cm³/mol. The number of likely N-dealkylation sites (N-methyl/N-ethyl adjacent to an activating group) is 1. The van der Waals surface area contributed by atoms with Crippen LogP contribution < -0.4 is 5.73 Å². The Balaban J connectivity index is 2.51. The van der Waals surface area contributed by atoms with Crippen molar-refractivity contribution in [2.45, 2.75) is 65.0 Å². The highest BCUT2D eigenvalue weighted by Crippen LogP contribution is 2.23. The lowest BCUT2D eigenvalue weighted by Gasteiger charge is -2.38. The lowest BCUT2D eigenvalue weighted by Crippen LogP contribution is -2.49. The molecule has 1 unspecified atom stereocenters. The first-order chi connectivity index (χ1) is 9.01. The molecule has 0 saturated carbocycles. The van der Waals surface area contributed by atoms with Crippen molar-refractivity contribution < 1.29 is 0 Å². The summed E-state index contributed by atoms with van der Waals surface area (Å²) in [5, 5.41) is 3.29. The van der Waals surface area contributed by atoms with E-state index in [0.717, 1.165) is 11.6 Å². The Kier molecular flexibility index (Phi) is 6.97. The zero-order chi connectivity index (χ0) is 14.3. The molecule has 19 heavy (non-hydrogen) atoms. The zero-order valence-electron chi connectivity index (χ0n) is 12.9. The van der Waals surface area contributed by atoms with Crippen LogP contribution in [0.1, 0.15) is 56.7 Å². The molecule has 0 aliphatic heterocycles. The summed E-state index contributed by atoms with van der Waals surface area (Å²) in [6, 6.07) is 0. The van der Waals surface area contributed by atoms with E-state index < -0.39 is 0 Å². The summed E-state index contributed by atoms with van der Waals surface area (Å²) in [4.78, 5) is 6.91. The predicted octanol–water partition coefficient (Wildman–Crippen LogP) is 3.57. The molecule has 1 heterocycles. The van der Waals surface area contributed by atoms with Crippen molar-refractivity contribution in [3.05, 3.63) is 16.1 Å².